The molecule has 2 heterocycles. The van der Waals surface area contributed by atoms with Crippen LogP contribution in [0.5, 0.6) is 0 Å². The van der Waals surface area contributed by atoms with E-state index in [0.717, 1.165) is 44.5 Å². The summed E-state index contributed by atoms with van der Waals surface area (Å²) in [6, 6.07) is -0.321. The van der Waals surface area contributed by atoms with Crippen LogP contribution in [0.3, 0.4) is 0 Å². The van der Waals surface area contributed by atoms with Crippen LogP contribution in [0.25, 0.3) is 0 Å². The number of rotatable bonds is 4. The summed E-state index contributed by atoms with van der Waals surface area (Å²) < 4.78 is 5.37. The lowest BCUT2D eigenvalue weighted by atomic mass is 9.89. The van der Waals surface area contributed by atoms with Crippen molar-refractivity contribution >= 4 is 18.3 Å². The largest absolute Gasteiger partial charge is 0.343 e. The van der Waals surface area contributed by atoms with Gasteiger partial charge in [-0.2, -0.15) is 4.98 Å². The summed E-state index contributed by atoms with van der Waals surface area (Å²) in [6.07, 6.45) is 9.23. The zero-order chi connectivity index (χ0) is 15.4. The fourth-order valence-electron chi connectivity index (χ4n) is 3.40. The molecule has 130 valence electrons. The highest BCUT2D eigenvalue weighted by atomic mass is 35.5. The van der Waals surface area contributed by atoms with Crippen LogP contribution in [-0.2, 0) is 4.79 Å². The van der Waals surface area contributed by atoms with Gasteiger partial charge < -0.3 is 15.2 Å². The van der Waals surface area contributed by atoms with E-state index in [1.165, 1.54) is 19.3 Å². The first-order valence-electron chi connectivity index (χ1n) is 8.61. The maximum absolute atomic E-state index is 12.2. The van der Waals surface area contributed by atoms with Crippen LogP contribution in [0, 0.1) is 0 Å². The fourth-order valence-corrected chi connectivity index (χ4v) is 3.40. The second-order valence-corrected chi connectivity index (χ2v) is 6.56. The van der Waals surface area contributed by atoms with Crippen LogP contribution in [-0.4, -0.2) is 28.6 Å². The minimum absolute atomic E-state index is 0. The molecule has 1 aromatic rings. The highest BCUT2D eigenvalue weighted by Crippen LogP contribution is 2.31. The molecular weight excluding hydrogens is 316 g/mol. The average molecular weight is 343 g/mol. The Morgan fingerprint density at radius 2 is 1.96 bits per heavy atom. The number of piperidine rings is 1. The van der Waals surface area contributed by atoms with Crippen molar-refractivity contribution in [1.29, 1.82) is 0 Å². The normalized spacial score (nSPS) is 23.8. The Labute approximate surface area is 143 Å². The van der Waals surface area contributed by atoms with E-state index >= 15 is 0 Å². The first-order valence-corrected chi connectivity index (χ1v) is 8.61. The highest BCUT2D eigenvalue weighted by Gasteiger charge is 2.26. The van der Waals surface area contributed by atoms with E-state index < -0.39 is 0 Å². The van der Waals surface area contributed by atoms with E-state index in [-0.39, 0.29) is 30.4 Å². The molecule has 1 saturated carbocycles. The van der Waals surface area contributed by atoms with Crippen molar-refractivity contribution in [2.24, 2.45) is 0 Å². The number of nitrogens with zero attached hydrogens (tertiary/aromatic N) is 2. The average Bonchev–Trinajstić information content (AvgIpc) is 3.06. The van der Waals surface area contributed by atoms with Gasteiger partial charge in [0.15, 0.2) is 5.82 Å². The number of nitrogens with one attached hydrogen (secondary N) is 2. The summed E-state index contributed by atoms with van der Waals surface area (Å²) in [5.74, 6) is 1.79. The lowest BCUT2D eigenvalue weighted by Gasteiger charge is -2.23. The van der Waals surface area contributed by atoms with Crippen LogP contribution in [0.1, 0.15) is 82.0 Å². The molecule has 0 aromatic carbocycles. The van der Waals surface area contributed by atoms with E-state index in [0.29, 0.717) is 11.8 Å². The molecule has 0 spiro atoms. The molecule has 23 heavy (non-hydrogen) atoms. The Hall–Kier alpha value is -1.14. The number of carbonyl (C=O) groups is 1. The fraction of sp³-hybridized carbons (Fsp3) is 0.812. The minimum Gasteiger partial charge on any atom is -0.343 e. The van der Waals surface area contributed by atoms with Crippen molar-refractivity contribution in [2.75, 3.05) is 6.54 Å². The second-order valence-electron chi connectivity index (χ2n) is 6.56. The molecule has 1 saturated heterocycles. The van der Waals surface area contributed by atoms with E-state index in [9.17, 15) is 4.79 Å². The van der Waals surface area contributed by atoms with E-state index in [4.69, 9.17) is 4.52 Å². The Bertz CT molecular complexity index is 496. The highest BCUT2D eigenvalue weighted by molar-refractivity contribution is 5.85. The van der Waals surface area contributed by atoms with Gasteiger partial charge in [0.25, 0.3) is 0 Å². The standard InChI is InChI=1S/C16H26N4O2.ClH/c1-11(18-15(21)13-9-5-6-10-17-13)16-19-14(20-22-16)12-7-3-2-4-8-12;/h11-13,17H,2-10H2,1H3,(H,18,21);1H. The van der Waals surface area contributed by atoms with Gasteiger partial charge in [-0.05, 0) is 39.2 Å². The van der Waals surface area contributed by atoms with Gasteiger partial charge in [-0.3, -0.25) is 4.79 Å². The molecule has 1 aliphatic heterocycles. The monoisotopic (exact) mass is 342 g/mol. The molecule has 2 atom stereocenters. The molecule has 1 aromatic heterocycles. The van der Waals surface area contributed by atoms with Gasteiger partial charge in [0.2, 0.25) is 11.8 Å². The van der Waals surface area contributed by atoms with Crippen molar-refractivity contribution in [2.45, 2.75) is 76.3 Å². The van der Waals surface area contributed by atoms with E-state index in [2.05, 4.69) is 20.8 Å². The van der Waals surface area contributed by atoms with Crippen LogP contribution in [0.2, 0.25) is 0 Å². The van der Waals surface area contributed by atoms with Gasteiger partial charge in [-0.25, -0.2) is 0 Å². The van der Waals surface area contributed by atoms with Gasteiger partial charge >= 0.3 is 0 Å². The maximum Gasteiger partial charge on any atom is 0.248 e. The molecule has 2 aliphatic rings. The van der Waals surface area contributed by atoms with Crippen LogP contribution >= 0.6 is 12.4 Å². The summed E-state index contributed by atoms with van der Waals surface area (Å²) in [5.41, 5.74) is 0. The molecule has 6 nitrogen and oxygen atoms in total. The number of hydrogen-bond donors (Lipinski definition) is 2. The van der Waals surface area contributed by atoms with Gasteiger partial charge in [0.05, 0.1) is 6.04 Å². The molecule has 2 N–H and O–H groups in total. The molecule has 0 radical (unpaired) electrons. The minimum atomic E-state index is -0.235. The van der Waals surface area contributed by atoms with Crippen LogP contribution in [0.4, 0.5) is 0 Å². The van der Waals surface area contributed by atoms with E-state index in [1.54, 1.807) is 0 Å². The SMILES string of the molecule is CC(NC(=O)C1CCCCN1)c1nc(C2CCCCC2)no1.Cl. The third-order valence-corrected chi connectivity index (χ3v) is 4.78. The maximum atomic E-state index is 12.2. The van der Waals surface area contributed by atoms with Crippen LogP contribution in [0.15, 0.2) is 4.52 Å². The summed E-state index contributed by atoms with van der Waals surface area (Å²) in [6.45, 7) is 2.82. The van der Waals surface area contributed by atoms with Crippen molar-refractivity contribution in [3.8, 4) is 0 Å². The van der Waals surface area contributed by atoms with Gasteiger partial charge in [0, 0.05) is 5.92 Å². The number of aromatic nitrogens is 2. The summed E-state index contributed by atoms with van der Waals surface area (Å²) >= 11 is 0. The Balaban J connectivity index is 0.00000192. The van der Waals surface area contributed by atoms with Crippen molar-refractivity contribution in [3.05, 3.63) is 11.7 Å². The van der Waals surface area contributed by atoms with Gasteiger partial charge in [-0.1, -0.05) is 30.8 Å². The summed E-state index contributed by atoms with van der Waals surface area (Å²) in [4.78, 5) is 16.7. The van der Waals surface area contributed by atoms with E-state index in [1.807, 2.05) is 6.92 Å². The zero-order valence-electron chi connectivity index (χ0n) is 13.7. The molecule has 1 amide bonds. The molecule has 0 bridgehead atoms. The third kappa shape index (κ3) is 4.67. The predicted molar refractivity (Wildman–Crippen MR) is 89.6 cm³/mol. The summed E-state index contributed by atoms with van der Waals surface area (Å²) in [5, 5.41) is 10.4. The quantitative estimate of drug-likeness (QED) is 0.879. The van der Waals surface area contributed by atoms with Gasteiger partial charge in [-0.15, -0.1) is 12.4 Å². The Kier molecular flexibility index (Phi) is 6.84. The number of hydrogen-bond acceptors (Lipinski definition) is 5. The smallest absolute Gasteiger partial charge is 0.248 e. The molecule has 2 fully saturated rings. The molecular formula is C16H27ClN4O2. The topological polar surface area (TPSA) is 80.0 Å². The van der Waals surface area contributed by atoms with Crippen molar-refractivity contribution in [3.63, 3.8) is 0 Å². The lowest BCUT2D eigenvalue weighted by Crippen LogP contribution is -2.47. The molecule has 7 heteroatoms. The molecule has 2 unspecified atom stereocenters. The first kappa shape index (κ1) is 18.2. The first-order chi connectivity index (χ1) is 10.7. The second kappa shape index (κ2) is 8.64. The Morgan fingerprint density at radius 1 is 1.22 bits per heavy atom. The van der Waals surface area contributed by atoms with Gasteiger partial charge in [0.1, 0.15) is 6.04 Å². The zero-order valence-corrected chi connectivity index (χ0v) is 14.5. The van der Waals surface area contributed by atoms with Crippen molar-refractivity contribution < 1.29 is 9.32 Å². The third-order valence-electron chi connectivity index (χ3n) is 4.78. The number of halogens is 1. The predicted octanol–water partition coefficient (Wildman–Crippen LogP) is 2.86. The van der Waals surface area contributed by atoms with Crippen molar-refractivity contribution in [1.82, 2.24) is 20.8 Å². The summed E-state index contributed by atoms with van der Waals surface area (Å²) in [7, 11) is 0. The molecule has 3 rings (SSSR count). The Morgan fingerprint density at radius 3 is 2.65 bits per heavy atom. The lowest BCUT2D eigenvalue weighted by molar-refractivity contribution is -0.124. The molecule has 1 aliphatic carbocycles. The number of carbonyl (C=O) groups excluding carboxylic acids is 1. The van der Waals surface area contributed by atoms with Crippen LogP contribution < -0.4 is 10.6 Å². The number of amides is 1.